The first-order valence-electron chi connectivity index (χ1n) is 10.1. The van der Waals surface area contributed by atoms with Crippen LogP contribution in [-0.2, 0) is 29.1 Å². The van der Waals surface area contributed by atoms with Gasteiger partial charge in [-0.1, -0.05) is 0 Å². The fraction of sp³-hybridized carbons (Fsp3) is 0.526. The van der Waals surface area contributed by atoms with Gasteiger partial charge in [-0.3, -0.25) is 14.4 Å². The monoisotopic (exact) mass is 474 g/mol. The molecule has 0 aliphatic carbocycles. The third kappa shape index (κ3) is 5.58. The Hall–Kier alpha value is -2.64. The van der Waals surface area contributed by atoms with Gasteiger partial charge in [0.1, 0.15) is 22.8 Å². The Bertz CT molecular complexity index is 990. The molecule has 32 heavy (non-hydrogen) atoms. The van der Waals surface area contributed by atoms with Crippen LogP contribution in [0.1, 0.15) is 19.3 Å². The number of benzene rings is 1. The molecule has 176 valence electrons. The first kappa shape index (κ1) is 24.0. The van der Waals surface area contributed by atoms with Crippen LogP contribution < -0.4 is 10.6 Å². The van der Waals surface area contributed by atoms with Gasteiger partial charge in [-0.15, -0.1) is 0 Å². The molecule has 2 aliphatic heterocycles. The number of nitrogens with one attached hydrogen (secondary N) is 2. The van der Waals surface area contributed by atoms with Crippen LogP contribution in [0, 0.1) is 11.6 Å². The Morgan fingerprint density at radius 2 is 1.91 bits per heavy atom. The van der Waals surface area contributed by atoms with Crippen molar-refractivity contribution in [2.75, 3.05) is 39.3 Å². The molecule has 1 aromatic rings. The van der Waals surface area contributed by atoms with Gasteiger partial charge in [-0.2, -0.15) is 4.31 Å². The second-order valence-corrected chi connectivity index (χ2v) is 9.18. The van der Waals surface area contributed by atoms with Gasteiger partial charge in [0.25, 0.3) is 0 Å². The zero-order chi connectivity index (χ0) is 23.3. The average molecular weight is 474 g/mol. The zero-order valence-electron chi connectivity index (χ0n) is 17.2. The quantitative estimate of drug-likeness (QED) is 0.389. The number of carbonyl (C=O) groups is 3. The summed E-state index contributed by atoms with van der Waals surface area (Å²) in [5.41, 5.74) is 0. The summed E-state index contributed by atoms with van der Waals surface area (Å²) < 4.78 is 58.9. The maximum atomic E-state index is 14.0. The van der Waals surface area contributed by atoms with Gasteiger partial charge in [0.05, 0.1) is 13.2 Å². The topological polar surface area (TPSA) is 125 Å². The zero-order valence-corrected chi connectivity index (χ0v) is 18.0. The maximum absolute atomic E-state index is 14.0. The lowest BCUT2D eigenvalue weighted by atomic mass is 10.3. The minimum absolute atomic E-state index is 0.0158. The highest BCUT2D eigenvalue weighted by molar-refractivity contribution is 7.89. The van der Waals surface area contributed by atoms with E-state index in [0.717, 1.165) is 16.8 Å². The number of sulfonamides is 1. The van der Waals surface area contributed by atoms with Crippen LogP contribution in [0.3, 0.4) is 0 Å². The first-order valence-corrected chi connectivity index (χ1v) is 11.6. The van der Waals surface area contributed by atoms with E-state index in [1.165, 1.54) is 0 Å². The molecule has 3 amide bonds. The Balaban J connectivity index is 1.48. The van der Waals surface area contributed by atoms with Gasteiger partial charge < -0.3 is 20.3 Å². The number of ether oxygens (including phenoxy) is 1. The average Bonchev–Trinajstić information content (AvgIpc) is 3.40. The first-order chi connectivity index (χ1) is 15.2. The molecule has 1 aromatic carbocycles. The number of rotatable bonds is 8. The van der Waals surface area contributed by atoms with Gasteiger partial charge in [-0.25, -0.2) is 17.2 Å². The van der Waals surface area contributed by atoms with Crippen LogP contribution >= 0.6 is 0 Å². The van der Waals surface area contributed by atoms with Crippen LogP contribution in [0.4, 0.5) is 8.78 Å². The molecule has 0 spiro atoms. The number of amides is 3. The molecular formula is C19H24F2N4O6S. The second-order valence-electron chi connectivity index (χ2n) is 7.32. The molecular weight excluding hydrogens is 450 g/mol. The molecule has 2 saturated heterocycles. The Morgan fingerprint density at radius 1 is 1.16 bits per heavy atom. The standard InChI is InChI=1S/C19H24F2N4O6S/c20-13-4-5-14(21)15(11-13)32(29,30)25-9-10-31-17(25)12-23-19(28)18(27)22-6-2-8-24-7-1-3-16(24)26/h4-5,11,17H,1-3,6-10,12H2,(H,22,27)(H,23,28)/t17-/m0/s1. The summed E-state index contributed by atoms with van der Waals surface area (Å²) in [6, 6.07) is 2.08. The number of likely N-dealkylation sites (tertiary alicyclic amines) is 1. The van der Waals surface area contributed by atoms with Gasteiger partial charge in [0, 0.05) is 32.6 Å². The van der Waals surface area contributed by atoms with Gasteiger partial charge in [0.15, 0.2) is 0 Å². The van der Waals surface area contributed by atoms with E-state index in [9.17, 15) is 31.6 Å². The fourth-order valence-corrected chi connectivity index (χ4v) is 5.08. The van der Waals surface area contributed by atoms with E-state index in [0.29, 0.717) is 38.1 Å². The van der Waals surface area contributed by atoms with Crippen molar-refractivity contribution in [3.05, 3.63) is 29.8 Å². The highest BCUT2D eigenvalue weighted by atomic mass is 32.2. The van der Waals surface area contributed by atoms with Gasteiger partial charge in [-0.05, 0) is 31.0 Å². The summed E-state index contributed by atoms with van der Waals surface area (Å²) in [7, 11) is -4.43. The van der Waals surface area contributed by atoms with E-state index in [2.05, 4.69) is 10.6 Å². The smallest absolute Gasteiger partial charge is 0.309 e. The van der Waals surface area contributed by atoms with E-state index in [1.807, 2.05) is 0 Å². The number of nitrogens with zero attached hydrogens (tertiary/aromatic N) is 2. The Morgan fingerprint density at radius 3 is 2.62 bits per heavy atom. The van der Waals surface area contributed by atoms with Gasteiger partial charge in [0.2, 0.25) is 15.9 Å². The highest BCUT2D eigenvalue weighted by Gasteiger charge is 2.38. The molecule has 0 bridgehead atoms. The summed E-state index contributed by atoms with van der Waals surface area (Å²) >= 11 is 0. The molecule has 0 unspecified atom stereocenters. The van der Waals surface area contributed by atoms with Crippen LogP contribution in [0.15, 0.2) is 23.1 Å². The predicted octanol–water partition coefficient (Wildman–Crippen LogP) is -0.443. The van der Waals surface area contributed by atoms with Crippen LogP contribution in [0.25, 0.3) is 0 Å². The molecule has 2 heterocycles. The van der Waals surface area contributed by atoms with Crippen molar-refractivity contribution in [1.29, 1.82) is 0 Å². The fourth-order valence-electron chi connectivity index (χ4n) is 3.50. The largest absolute Gasteiger partial charge is 0.359 e. The van der Waals surface area contributed by atoms with Crippen molar-refractivity contribution < 1.29 is 36.3 Å². The van der Waals surface area contributed by atoms with Crippen LogP contribution in [-0.4, -0.2) is 80.9 Å². The van der Waals surface area contributed by atoms with Crippen LogP contribution in [0.2, 0.25) is 0 Å². The molecule has 3 rings (SSSR count). The second kappa shape index (κ2) is 10.3. The van der Waals surface area contributed by atoms with Crippen molar-refractivity contribution in [1.82, 2.24) is 19.8 Å². The maximum Gasteiger partial charge on any atom is 0.309 e. The summed E-state index contributed by atoms with van der Waals surface area (Å²) in [5.74, 6) is -3.87. The van der Waals surface area contributed by atoms with Crippen molar-refractivity contribution in [3.63, 3.8) is 0 Å². The highest BCUT2D eigenvalue weighted by Crippen LogP contribution is 2.25. The van der Waals surface area contributed by atoms with E-state index < -0.39 is 44.6 Å². The van der Waals surface area contributed by atoms with E-state index >= 15 is 0 Å². The number of carbonyl (C=O) groups excluding carboxylic acids is 3. The van der Waals surface area contributed by atoms with Crippen LogP contribution in [0.5, 0.6) is 0 Å². The number of hydrogen-bond acceptors (Lipinski definition) is 6. The molecule has 10 nitrogen and oxygen atoms in total. The lowest BCUT2D eigenvalue weighted by molar-refractivity contribution is -0.139. The molecule has 0 radical (unpaired) electrons. The molecule has 2 fully saturated rings. The van der Waals surface area contributed by atoms with E-state index in [-0.39, 0.29) is 32.1 Å². The number of halogens is 2. The molecule has 0 saturated carbocycles. The van der Waals surface area contributed by atoms with Crippen molar-refractivity contribution in [2.45, 2.75) is 30.4 Å². The SMILES string of the molecule is O=C(NCCCN1CCCC1=O)C(=O)NC[C@@H]1OCCN1S(=O)(=O)c1cc(F)ccc1F. The lowest BCUT2D eigenvalue weighted by Crippen LogP contribution is -2.47. The van der Waals surface area contributed by atoms with Crippen molar-refractivity contribution in [3.8, 4) is 0 Å². The van der Waals surface area contributed by atoms with Crippen molar-refractivity contribution >= 4 is 27.7 Å². The van der Waals surface area contributed by atoms with E-state index in [1.54, 1.807) is 4.90 Å². The normalized spacial score (nSPS) is 19.4. The summed E-state index contributed by atoms with van der Waals surface area (Å²) in [4.78, 5) is 36.3. The minimum Gasteiger partial charge on any atom is -0.359 e. The molecule has 13 heteroatoms. The third-order valence-electron chi connectivity index (χ3n) is 5.13. The van der Waals surface area contributed by atoms with E-state index in [4.69, 9.17) is 4.74 Å². The van der Waals surface area contributed by atoms with Crippen molar-refractivity contribution in [2.24, 2.45) is 0 Å². The lowest BCUT2D eigenvalue weighted by Gasteiger charge is -2.23. The summed E-state index contributed by atoms with van der Waals surface area (Å²) in [6.07, 6.45) is 0.647. The summed E-state index contributed by atoms with van der Waals surface area (Å²) in [5, 5.41) is 4.70. The minimum atomic E-state index is -4.43. The molecule has 2 N–H and O–H groups in total. The Labute approximate surface area is 183 Å². The summed E-state index contributed by atoms with van der Waals surface area (Å²) in [6.45, 7) is 0.867. The van der Waals surface area contributed by atoms with Gasteiger partial charge >= 0.3 is 11.8 Å². The molecule has 2 aliphatic rings. The number of hydrogen-bond donors (Lipinski definition) is 2. The molecule has 1 atom stereocenters. The molecule has 0 aromatic heterocycles. The predicted molar refractivity (Wildman–Crippen MR) is 106 cm³/mol. The Kier molecular flexibility index (Phi) is 7.74. The third-order valence-corrected chi connectivity index (χ3v) is 7.03.